The van der Waals surface area contributed by atoms with Crippen molar-refractivity contribution >= 4 is 11.6 Å². The number of nitrogens with one attached hydrogen (secondary N) is 1. The molecule has 2 fully saturated rings. The number of ether oxygens (including phenoxy) is 2. The molecule has 2 saturated heterocycles. The summed E-state index contributed by atoms with van der Waals surface area (Å²) in [5.74, 6) is -0.423. The summed E-state index contributed by atoms with van der Waals surface area (Å²) >= 11 is 0. The molecule has 2 aliphatic rings. The van der Waals surface area contributed by atoms with Gasteiger partial charge in [0.1, 0.15) is 6.79 Å². The van der Waals surface area contributed by atoms with Crippen LogP contribution >= 0.6 is 0 Å². The van der Waals surface area contributed by atoms with Gasteiger partial charge < -0.3 is 19.7 Å². The second kappa shape index (κ2) is 11.7. The van der Waals surface area contributed by atoms with Gasteiger partial charge in [0.2, 0.25) is 0 Å². The highest BCUT2D eigenvalue weighted by Gasteiger charge is 2.44. The number of rotatable bonds is 4. The van der Waals surface area contributed by atoms with Crippen LogP contribution < -0.4 is 5.32 Å². The van der Waals surface area contributed by atoms with Crippen molar-refractivity contribution in [2.45, 2.75) is 65.5 Å². The van der Waals surface area contributed by atoms with Crippen molar-refractivity contribution in [1.29, 1.82) is 0 Å². The van der Waals surface area contributed by atoms with E-state index in [0.717, 1.165) is 43.4 Å². The smallest absolute Gasteiger partial charge is 0.347 e. The maximum Gasteiger partial charge on any atom is 0.416 e. The van der Waals surface area contributed by atoms with Gasteiger partial charge in [-0.3, -0.25) is 9.69 Å². The molecule has 210 valence electrons. The number of carbonyl (C=O) groups is 1. The summed E-state index contributed by atoms with van der Waals surface area (Å²) in [6.07, 6.45) is -4.48. The first-order chi connectivity index (χ1) is 17.6. The molecule has 0 unspecified atom stereocenters. The summed E-state index contributed by atoms with van der Waals surface area (Å²) in [5.41, 5.74) is 1.83. The SMILES string of the molecule is CC1(C)OCOC1(C)C.Cc1ccc(C(=O)Nc2ccc(CN3CCN(C)CC3)c(C(F)(F)F)c2)cc1C. The van der Waals surface area contributed by atoms with Gasteiger partial charge in [0, 0.05) is 44.0 Å². The molecule has 2 aromatic rings. The van der Waals surface area contributed by atoms with E-state index in [-0.39, 0.29) is 29.0 Å². The lowest BCUT2D eigenvalue weighted by atomic mass is 9.90. The Hall–Kier alpha value is -2.46. The summed E-state index contributed by atoms with van der Waals surface area (Å²) in [4.78, 5) is 16.7. The van der Waals surface area contributed by atoms with Crippen LogP contribution in [0.15, 0.2) is 36.4 Å². The van der Waals surface area contributed by atoms with Crippen molar-refractivity contribution in [3.05, 3.63) is 64.2 Å². The number of hydrogen-bond acceptors (Lipinski definition) is 5. The Morgan fingerprint density at radius 1 is 0.921 bits per heavy atom. The molecule has 0 spiro atoms. The van der Waals surface area contributed by atoms with Gasteiger partial charge in [0.25, 0.3) is 5.91 Å². The topological polar surface area (TPSA) is 54.0 Å². The molecular formula is C29H40F3N3O3. The molecule has 6 nitrogen and oxygen atoms in total. The number of nitrogens with zero attached hydrogens (tertiary/aromatic N) is 2. The Morgan fingerprint density at radius 3 is 2.03 bits per heavy atom. The van der Waals surface area contributed by atoms with Gasteiger partial charge in [-0.2, -0.15) is 13.2 Å². The van der Waals surface area contributed by atoms with Gasteiger partial charge in [0.05, 0.1) is 16.8 Å². The molecule has 2 aliphatic heterocycles. The lowest BCUT2D eigenvalue weighted by Crippen LogP contribution is -2.44. The number of benzene rings is 2. The third-order valence-corrected chi connectivity index (χ3v) is 7.72. The summed E-state index contributed by atoms with van der Waals surface area (Å²) in [5, 5.41) is 2.59. The lowest BCUT2D eigenvalue weighted by Gasteiger charge is -2.33. The van der Waals surface area contributed by atoms with Gasteiger partial charge in [-0.15, -0.1) is 0 Å². The standard InChI is InChI=1S/C22H26F3N3O.C7H14O2/c1-15-4-5-17(12-16(15)2)21(29)26-19-7-6-18(20(13-19)22(23,24)25)14-28-10-8-27(3)9-11-28;1-6(2)7(3,4)9-5-8-6/h4-7,12-13H,8-11,14H2,1-3H3,(H,26,29);5H2,1-4H3. The maximum absolute atomic E-state index is 13.7. The molecule has 2 heterocycles. The third-order valence-electron chi connectivity index (χ3n) is 7.72. The average Bonchev–Trinajstić information content (AvgIpc) is 3.07. The first-order valence-electron chi connectivity index (χ1n) is 12.9. The first kappa shape index (κ1) is 30.1. The quantitative estimate of drug-likeness (QED) is 0.531. The maximum atomic E-state index is 13.7. The highest BCUT2D eigenvalue weighted by atomic mass is 19.4. The zero-order valence-electron chi connectivity index (χ0n) is 23.5. The third kappa shape index (κ3) is 7.56. The normalized spacial score (nSPS) is 19.5. The predicted octanol–water partition coefficient (Wildman–Crippen LogP) is 5.87. The highest BCUT2D eigenvalue weighted by molar-refractivity contribution is 6.04. The summed E-state index contributed by atoms with van der Waals surface area (Å²) < 4.78 is 51.7. The van der Waals surface area contributed by atoms with E-state index in [1.54, 1.807) is 18.2 Å². The molecule has 0 aromatic heterocycles. The van der Waals surface area contributed by atoms with E-state index in [9.17, 15) is 18.0 Å². The van der Waals surface area contributed by atoms with Crippen LogP contribution in [0.3, 0.4) is 0 Å². The number of piperazine rings is 1. The Labute approximate surface area is 224 Å². The fourth-order valence-electron chi connectivity index (χ4n) is 4.06. The molecular weight excluding hydrogens is 495 g/mol. The van der Waals surface area contributed by atoms with Gasteiger partial charge >= 0.3 is 6.18 Å². The van der Waals surface area contributed by atoms with Crippen molar-refractivity contribution in [2.75, 3.05) is 45.3 Å². The summed E-state index contributed by atoms with van der Waals surface area (Å²) in [6.45, 7) is 15.8. The van der Waals surface area contributed by atoms with Crippen LogP contribution in [-0.2, 0) is 22.2 Å². The molecule has 0 saturated carbocycles. The van der Waals surface area contributed by atoms with E-state index in [1.165, 1.54) is 6.07 Å². The van der Waals surface area contributed by atoms with Crippen molar-refractivity contribution in [2.24, 2.45) is 0 Å². The zero-order valence-corrected chi connectivity index (χ0v) is 23.5. The van der Waals surface area contributed by atoms with E-state index >= 15 is 0 Å². The average molecular weight is 536 g/mol. The highest BCUT2D eigenvalue weighted by Crippen LogP contribution is 2.35. The number of halogens is 3. The molecule has 9 heteroatoms. The van der Waals surface area contributed by atoms with Crippen molar-refractivity contribution in [3.8, 4) is 0 Å². The van der Waals surface area contributed by atoms with E-state index in [2.05, 4.69) is 10.2 Å². The zero-order chi connectivity index (χ0) is 28.3. The molecule has 4 rings (SSSR count). The Kier molecular flexibility index (Phi) is 9.29. The molecule has 0 aliphatic carbocycles. The summed E-state index contributed by atoms with van der Waals surface area (Å²) in [7, 11) is 2.01. The number of hydrogen-bond donors (Lipinski definition) is 1. The fraction of sp³-hybridized carbons (Fsp3) is 0.552. The van der Waals surface area contributed by atoms with Crippen LogP contribution in [0.2, 0.25) is 0 Å². The lowest BCUT2D eigenvalue weighted by molar-refractivity contribution is -0.138. The van der Waals surface area contributed by atoms with Gasteiger partial charge in [-0.1, -0.05) is 12.1 Å². The van der Waals surface area contributed by atoms with E-state index < -0.39 is 17.6 Å². The molecule has 1 amide bonds. The minimum atomic E-state index is -4.48. The number of amides is 1. The Morgan fingerprint density at radius 2 is 1.53 bits per heavy atom. The number of likely N-dealkylation sites (N-methyl/N-ethyl adjacent to an activating group) is 1. The number of alkyl halides is 3. The molecule has 2 aromatic carbocycles. The monoisotopic (exact) mass is 535 g/mol. The van der Waals surface area contributed by atoms with Crippen molar-refractivity contribution < 1.29 is 27.4 Å². The van der Waals surface area contributed by atoms with Crippen LogP contribution in [0.5, 0.6) is 0 Å². The van der Waals surface area contributed by atoms with Crippen LogP contribution in [0.4, 0.5) is 18.9 Å². The summed E-state index contributed by atoms with van der Waals surface area (Å²) in [6, 6.07) is 9.27. The molecule has 0 bridgehead atoms. The van der Waals surface area contributed by atoms with Gasteiger partial charge in [-0.05, 0) is 89.5 Å². The van der Waals surface area contributed by atoms with Gasteiger partial charge in [-0.25, -0.2) is 0 Å². The van der Waals surface area contributed by atoms with Crippen LogP contribution in [-0.4, -0.2) is 66.9 Å². The minimum absolute atomic E-state index is 0.132. The fourth-order valence-corrected chi connectivity index (χ4v) is 4.06. The minimum Gasteiger partial charge on any atom is -0.347 e. The van der Waals surface area contributed by atoms with E-state index in [0.29, 0.717) is 12.4 Å². The predicted molar refractivity (Wildman–Crippen MR) is 143 cm³/mol. The molecule has 0 atom stereocenters. The van der Waals surface area contributed by atoms with E-state index in [4.69, 9.17) is 9.47 Å². The van der Waals surface area contributed by atoms with Crippen LogP contribution in [0.25, 0.3) is 0 Å². The Balaban J connectivity index is 0.000000375. The number of aryl methyl sites for hydroxylation is 2. The van der Waals surface area contributed by atoms with Crippen molar-refractivity contribution in [1.82, 2.24) is 9.80 Å². The van der Waals surface area contributed by atoms with Gasteiger partial charge in [0.15, 0.2) is 0 Å². The number of anilines is 1. The van der Waals surface area contributed by atoms with Crippen LogP contribution in [0.1, 0.15) is 60.3 Å². The second-order valence-corrected chi connectivity index (χ2v) is 11.1. The molecule has 1 N–H and O–H groups in total. The molecule has 0 radical (unpaired) electrons. The number of carbonyl (C=O) groups excluding carboxylic acids is 1. The Bertz CT molecular complexity index is 1110. The second-order valence-electron chi connectivity index (χ2n) is 11.1. The van der Waals surface area contributed by atoms with E-state index in [1.807, 2.05) is 59.6 Å². The van der Waals surface area contributed by atoms with Crippen LogP contribution in [0, 0.1) is 13.8 Å². The molecule has 38 heavy (non-hydrogen) atoms. The first-order valence-corrected chi connectivity index (χ1v) is 12.9. The largest absolute Gasteiger partial charge is 0.416 e. The van der Waals surface area contributed by atoms with Crippen molar-refractivity contribution in [3.63, 3.8) is 0 Å².